The maximum atomic E-state index is 5.91. The van der Waals surface area contributed by atoms with Crippen LogP contribution in [0.15, 0.2) is 30.5 Å². The third-order valence-electron chi connectivity index (χ3n) is 2.16. The smallest absolute Gasteiger partial charge is 0.0780 e. The van der Waals surface area contributed by atoms with Gasteiger partial charge in [0.2, 0.25) is 0 Å². The van der Waals surface area contributed by atoms with Gasteiger partial charge in [-0.1, -0.05) is 11.6 Å². The summed E-state index contributed by atoms with van der Waals surface area (Å²) in [5.74, 6) is 0. The summed E-state index contributed by atoms with van der Waals surface area (Å²) in [5.41, 5.74) is 2.07. The van der Waals surface area contributed by atoms with E-state index in [9.17, 15) is 0 Å². The molecule has 84 valence electrons. The van der Waals surface area contributed by atoms with E-state index in [1.807, 2.05) is 42.2 Å². The zero-order chi connectivity index (χ0) is 11.5. The molecule has 0 aliphatic heterocycles. The van der Waals surface area contributed by atoms with Crippen molar-refractivity contribution in [1.29, 1.82) is 0 Å². The molecule has 0 unspecified atom stereocenters. The molecule has 2 rings (SSSR count). The van der Waals surface area contributed by atoms with Gasteiger partial charge in [-0.25, -0.2) is 4.68 Å². The predicted octanol–water partition coefficient (Wildman–Crippen LogP) is 2.85. The summed E-state index contributed by atoms with van der Waals surface area (Å²) in [6.45, 7) is 0.775. The molecular weight excluding hydrogens is 336 g/mol. The summed E-state index contributed by atoms with van der Waals surface area (Å²) in [6, 6.07) is 7.77. The second kappa shape index (κ2) is 5.16. The molecule has 0 atom stereocenters. The molecule has 16 heavy (non-hydrogen) atoms. The van der Waals surface area contributed by atoms with E-state index >= 15 is 0 Å². The average Bonchev–Trinajstić information content (AvgIpc) is 2.67. The Kier molecular flexibility index (Phi) is 3.83. The van der Waals surface area contributed by atoms with Gasteiger partial charge in [0.15, 0.2) is 0 Å². The van der Waals surface area contributed by atoms with Crippen LogP contribution in [-0.4, -0.2) is 16.8 Å². The van der Waals surface area contributed by atoms with Gasteiger partial charge in [-0.2, -0.15) is 5.10 Å². The highest BCUT2D eigenvalue weighted by molar-refractivity contribution is 14.1. The zero-order valence-corrected chi connectivity index (χ0v) is 11.7. The lowest BCUT2D eigenvalue weighted by Gasteiger charge is -2.04. The molecular formula is C11H11ClIN3. The topological polar surface area (TPSA) is 29.9 Å². The highest BCUT2D eigenvalue weighted by Gasteiger charge is 2.04. The van der Waals surface area contributed by atoms with Crippen molar-refractivity contribution < 1.29 is 0 Å². The Morgan fingerprint density at radius 3 is 2.94 bits per heavy atom. The molecule has 0 amide bonds. The molecule has 1 heterocycles. The number of benzene rings is 1. The van der Waals surface area contributed by atoms with Crippen molar-refractivity contribution in [3.05, 3.63) is 44.7 Å². The van der Waals surface area contributed by atoms with Crippen molar-refractivity contribution >= 4 is 34.2 Å². The van der Waals surface area contributed by atoms with E-state index in [1.54, 1.807) is 0 Å². The Bertz CT molecular complexity index is 496. The molecule has 0 saturated carbocycles. The minimum absolute atomic E-state index is 0.746. The standard InChI is InChI=1S/C11H11ClIN3/c1-14-7-9-4-5-16(15-9)11-3-2-8(12)6-10(11)13/h2-6,14H,7H2,1H3. The van der Waals surface area contributed by atoms with E-state index in [4.69, 9.17) is 11.6 Å². The number of hydrogen-bond donors (Lipinski definition) is 1. The van der Waals surface area contributed by atoms with Crippen LogP contribution in [0.25, 0.3) is 5.69 Å². The van der Waals surface area contributed by atoms with Gasteiger partial charge in [0.05, 0.1) is 11.4 Å². The van der Waals surface area contributed by atoms with Crippen LogP contribution in [0.1, 0.15) is 5.69 Å². The van der Waals surface area contributed by atoms with Crippen LogP contribution in [0, 0.1) is 3.57 Å². The number of aromatic nitrogens is 2. The number of nitrogens with one attached hydrogen (secondary N) is 1. The van der Waals surface area contributed by atoms with Gasteiger partial charge in [0.1, 0.15) is 0 Å². The van der Waals surface area contributed by atoms with Crippen LogP contribution >= 0.6 is 34.2 Å². The highest BCUT2D eigenvalue weighted by atomic mass is 127. The molecule has 0 spiro atoms. The van der Waals surface area contributed by atoms with Crippen LogP contribution in [0.2, 0.25) is 5.02 Å². The van der Waals surface area contributed by atoms with Gasteiger partial charge in [-0.3, -0.25) is 0 Å². The van der Waals surface area contributed by atoms with Crippen molar-refractivity contribution in [2.45, 2.75) is 6.54 Å². The van der Waals surface area contributed by atoms with Gasteiger partial charge < -0.3 is 5.32 Å². The summed E-state index contributed by atoms with van der Waals surface area (Å²) in [6.07, 6.45) is 1.96. The van der Waals surface area contributed by atoms with Crippen molar-refractivity contribution in [2.75, 3.05) is 7.05 Å². The number of halogens is 2. The predicted molar refractivity (Wildman–Crippen MR) is 74.1 cm³/mol. The van der Waals surface area contributed by atoms with E-state index in [0.717, 1.165) is 26.5 Å². The summed E-state index contributed by atoms with van der Waals surface area (Å²) < 4.78 is 2.95. The van der Waals surface area contributed by atoms with Crippen molar-refractivity contribution in [1.82, 2.24) is 15.1 Å². The van der Waals surface area contributed by atoms with Crippen molar-refractivity contribution in [3.63, 3.8) is 0 Å². The molecule has 0 fully saturated rings. The molecule has 0 aliphatic carbocycles. The first-order valence-electron chi connectivity index (χ1n) is 4.85. The largest absolute Gasteiger partial charge is 0.314 e. The van der Waals surface area contributed by atoms with Gasteiger partial charge in [0, 0.05) is 21.3 Å². The second-order valence-corrected chi connectivity index (χ2v) is 4.98. The van der Waals surface area contributed by atoms with Crippen LogP contribution < -0.4 is 5.32 Å². The first kappa shape index (κ1) is 11.9. The van der Waals surface area contributed by atoms with E-state index in [1.165, 1.54) is 0 Å². The lowest BCUT2D eigenvalue weighted by molar-refractivity contribution is 0.756. The molecule has 1 aromatic carbocycles. The molecule has 1 aromatic heterocycles. The maximum Gasteiger partial charge on any atom is 0.0780 e. The second-order valence-electron chi connectivity index (χ2n) is 3.38. The van der Waals surface area contributed by atoms with Gasteiger partial charge in [0.25, 0.3) is 0 Å². The highest BCUT2D eigenvalue weighted by Crippen LogP contribution is 2.21. The normalized spacial score (nSPS) is 10.7. The van der Waals surface area contributed by atoms with Crippen molar-refractivity contribution in [3.8, 4) is 5.69 Å². The third-order valence-corrected chi connectivity index (χ3v) is 3.26. The Morgan fingerprint density at radius 1 is 1.44 bits per heavy atom. The summed E-state index contributed by atoms with van der Waals surface area (Å²) >= 11 is 8.17. The molecule has 0 radical (unpaired) electrons. The Hall–Kier alpha value is -0.590. The zero-order valence-electron chi connectivity index (χ0n) is 8.74. The van der Waals surface area contributed by atoms with Crippen LogP contribution in [0.4, 0.5) is 0 Å². The van der Waals surface area contributed by atoms with Crippen LogP contribution in [0.3, 0.4) is 0 Å². The van der Waals surface area contributed by atoms with E-state index in [0.29, 0.717) is 0 Å². The molecule has 2 aromatic rings. The fraction of sp³-hybridized carbons (Fsp3) is 0.182. The molecule has 1 N–H and O–H groups in total. The summed E-state index contributed by atoms with van der Waals surface area (Å²) in [5, 5.41) is 8.29. The average molecular weight is 348 g/mol. The lowest BCUT2D eigenvalue weighted by atomic mass is 10.3. The molecule has 5 heteroatoms. The maximum absolute atomic E-state index is 5.91. The SMILES string of the molecule is CNCc1ccn(-c2ccc(Cl)cc2I)n1. The Balaban J connectivity index is 2.35. The number of hydrogen-bond acceptors (Lipinski definition) is 2. The van der Waals surface area contributed by atoms with Crippen LogP contribution in [0.5, 0.6) is 0 Å². The van der Waals surface area contributed by atoms with E-state index in [-0.39, 0.29) is 0 Å². The molecule has 0 aliphatic rings. The van der Waals surface area contributed by atoms with Crippen LogP contribution in [-0.2, 0) is 6.54 Å². The fourth-order valence-electron chi connectivity index (χ4n) is 1.44. The Morgan fingerprint density at radius 2 is 2.25 bits per heavy atom. The number of nitrogens with zero attached hydrogens (tertiary/aromatic N) is 2. The first-order chi connectivity index (χ1) is 7.70. The summed E-state index contributed by atoms with van der Waals surface area (Å²) in [7, 11) is 1.91. The van der Waals surface area contributed by atoms with Gasteiger partial charge in [-0.15, -0.1) is 0 Å². The molecule has 0 saturated heterocycles. The molecule has 0 bridgehead atoms. The van der Waals surface area contributed by atoms with Gasteiger partial charge >= 0.3 is 0 Å². The quantitative estimate of drug-likeness (QED) is 0.865. The van der Waals surface area contributed by atoms with E-state index in [2.05, 4.69) is 33.0 Å². The molecule has 3 nitrogen and oxygen atoms in total. The third kappa shape index (κ3) is 2.56. The van der Waals surface area contributed by atoms with E-state index < -0.39 is 0 Å². The van der Waals surface area contributed by atoms with Gasteiger partial charge in [-0.05, 0) is 53.9 Å². The number of rotatable bonds is 3. The lowest BCUT2D eigenvalue weighted by Crippen LogP contribution is -2.06. The monoisotopic (exact) mass is 347 g/mol. The minimum Gasteiger partial charge on any atom is -0.314 e. The first-order valence-corrected chi connectivity index (χ1v) is 6.31. The van der Waals surface area contributed by atoms with Crippen molar-refractivity contribution in [2.24, 2.45) is 0 Å². The summed E-state index contributed by atoms with van der Waals surface area (Å²) in [4.78, 5) is 0. The minimum atomic E-state index is 0.746. The Labute approximate surface area is 113 Å². The fourth-order valence-corrected chi connectivity index (χ4v) is 2.56.